The highest BCUT2D eigenvalue weighted by molar-refractivity contribution is 6.30. The van der Waals surface area contributed by atoms with Crippen LogP contribution in [0.15, 0.2) is 6.20 Å². The smallest absolute Gasteiger partial charge is 0.410 e. The number of nitrogens with zero attached hydrogens (tertiary/aromatic N) is 6. The van der Waals surface area contributed by atoms with Gasteiger partial charge < -0.3 is 24.2 Å². The largest absolute Gasteiger partial charge is 0.463 e. The highest BCUT2D eigenvalue weighted by atomic mass is 35.5. The predicted octanol–water partition coefficient (Wildman–Crippen LogP) is 4.68. The van der Waals surface area contributed by atoms with Gasteiger partial charge in [-0.15, -0.1) is 0 Å². The Kier molecular flexibility index (Phi) is 7.48. The molecule has 2 saturated heterocycles. The Morgan fingerprint density at radius 2 is 2.02 bits per heavy atom. The summed E-state index contributed by atoms with van der Waals surface area (Å²) in [5, 5.41) is 0.124. The van der Waals surface area contributed by atoms with Crippen molar-refractivity contribution in [2.75, 3.05) is 38.2 Å². The second-order valence-electron chi connectivity index (χ2n) is 12.5. The molecular formula is C28H38ClFN6O4. The lowest BCUT2D eigenvalue weighted by atomic mass is 9.82. The number of carbonyl (C=O) groups is 2. The number of fused-ring (bicyclic) bond motifs is 2. The van der Waals surface area contributed by atoms with Gasteiger partial charge in [-0.2, -0.15) is 9.97 Å². The standard InChI is InChI=1S/C28H38ClFN6O4/c1-16-20(9-11-36(16)26(38)40-27(3,4)5)34(6)24-19-12-31-23(29)21(30)22(19)32-25(33-24)39-15-28-10-7-8-18(28)13-35(14-28)17(2)37/h12,16,18,20H,7-11,13-15H2,1-6H3/t16?,18?,20?,28-/m0/s1. The molecule has 12 heteroatoms. The minimum Gasteiger partial charge on any atom is -0.463 e. The molecule has 4 heterocycles. The summed E-state index contributed by atoms with van der Waals surface area (Å²) in [6, 6.07) is -0.256. The average Bonchev–Trinajstić information content (AvgIpc) is 3.55. The van der Waals surface area contributed by atoms with E-state index >= 15 is 4.39 Å². The Balaban J connectivity index is 1.43. The van der Waals surface area contributed by atoms with E-state index in [1.807, 2.05) is 44.5 Å². The third kappa shape index (κ3) is 5.24. The van der Waals surface area contributed by atoms with E-state index in [0.29, 0.717) is 43.2 Å². The maximum absolute atomic E-state index is 15.2. The van der Waals surface area contributed by atoms with Crippen LogP contribution in [-0.4, -0.2) is 87.7 Å². The normalized spacial score (nSPS) is 26.4. The summed E-state index contributed by atoms with van der Waals surface area (Å²) >= 11 is 6.03. The molecule has 40 heavy (non-hydrogen) atoms. The zero-order chi connectivity index (χ0) is 29.0. The minimum atomic E-state index is -0.739. The van der Waals surface area contributed by atoms with Crippen LogP contribution in [0.4, 0.5) is 15.0 Å². The molecule has 0 bridgehead atoms. The molecule has 0 N–H and O–H groups in total. The molecule has 5 rings (SSSR count). The summed E-state index contributed by atoms with van der Waals surface area (Å²) < 4.78 is 27.0. The second kappa shape index (κ2) is 10.5. The van der Waals surface area contributed by atoms with Crippen molar-refractivity contribution in [2.45, 2.75) is 78.0 Å². The number of halogens is 2. The number of hydrogen-bond donors (Lipinski definition) is 0. The quantitative estimate of drug-likeness (QED) is 0.473. The van der Waals surface area contributed by atoms with E-state index in [1.54, 1.807) is 11.8 Å². The Morgan fingerprint density at radius 1 is 1.27 bits per heavy atom. The molecule has 1 saturated carbocycles. The first-order valence-electron chi connectivity index (χ1n) is 13.9. The third-order valence-corrected chi connectivity index (χ3v) is 9.01. The summed E-state index contributed by atoms with van der Waals surface area (Å²) in [6.07, 6.45) is 4.85. The highest BCUT2D eigenvalue weighted by Gasteiger charge is 2.51. The maximum Gasteiger partial charge on any atom is 0.410 e. The van der Waals surface area contributed by atoms with E-state index in [1.165, 1.54) is 6.20 Å². The molecule has 1 aliphatic carbocycles. The van der Waals surface area contributed by atoms with Crippen molar-refractivity contribution in [3.63, 3.8) is 0 Å². The number of rotatable bonds is 5. The number of aromatic nitrogens is 3. The average molecular weight is 577 g/mol. The van der Waals surface area contributed by atoms with Crippen molar-refractivity contribution in [1.29, 1.82) is 0 Å². The molecule has 2 aliphatic heterocycles. The van der Waals surface area contributed by atoms with Gasteiger partial charge in [-0.25, -0.2) is 14.2 Å². The van der Waals surface area contributed by atoms with Crippen LogP contribution in [0, 0.1) is 17.2 Å². The van der Waals surface area contributed by atoms with Gasteiger partial charge in [0.25, 0.3) is 0 Å². The van der Waals surface area contributed by atoms with Gasteiger partial charge in [-0.3, -0.25) is 4.79 Å². The number of amides is 2. The Bertz CT molecular complexity index is 1320. The van der Waals surface area contributed by atoms with Crippen molar-refractivity contribution in [2.24, 2.45) is 11.3 Å². The van der Waals surface area contributed by atoms with Crippen LogP contribution >= 0.6 is 11.6 Å². The van der Waals surface area contributed by atoms with Crippen molar-refractivity contribution in [3.8, 4) is 6.01 Å². The molecular weight excluding hydrogens is 539 g/mol. The monoisotopic (exact) mass is 576 g/mol. The molecule has 218 valence electrons. The molecule has 10 nitrogen and oxygen atoms in total. The van der Waals surface area contributed by atoms with Crippen LogP contribution in [0.25, 0.3) is 10.9 Å². The maximum atomic E-state index is 15.2. The van der Waals surface area contributed by atoms with Gasteiger partial charge in [-0.05, 0) is 52.9 Å². The number of carbonyl (C=O) groups excluding carboxylic acids is 2. The minimum absolute atomic E-state index is 0.0266. The van der Waals surface area contributed by atoms with E-state index in [-0.39, 0.29) is 46.2 Å². The molecule has 3 fully saturated rings. The van der Waals surface area contributed by atoms with E-state index in [2.05, 4.69) is 9.97 Å². The summed E-state index contributed by atoms with van der Waals surface area (Å²) in [5.74, 6) is 0.127. The lowest BCUT2D eigenvalue weighted by molar-refractivity contribution is -0.128. The number of pyridine rings is 1. The summed E-state index contributed by atoms with van der Waals surface area (Å²) in [4.78, 5) is 43.6. The first-order chi connectivity index (χ1) is 18.8. The number of anilines is 1. The molecule has 0 aromatic carbocycles. The fourth-order valence-electron chi connectivity index (χ4n) is 6.61. The van der Waals surface area contributed by atoms with Gasteiger partial charge in [0, 0.05) is 45.2 Å². The molecule has 2 amide bonds. The Morgan fingerprint density at radius 3 is 2.73 bits per heavy atom. The Hall–Kier alpha value is -2.95. The van der Waals surface area contributed by atoms with E-state index < -0.39 is 11.4 Å². The SMILES string of the molecule is CC(=O)N1CC2CCC[C@@]2(COc2nc(N(C)C3CCN(C(=O)OC(C)(C)C)C3C)c3cnc(Cl)c(F)c3n2)C1. The van der Waals surface area contributed by atoms with E-state index in [9.17, 15) is 9.59 Å². The van der Waals surface area contributed by atoms with Crippen LogP contribution in [0.3, 0.4) is 0 Å². The fraction of sp³-hybridized carbons (Fsp3) is 0.679. The van der Waals surface area contributed by atoms with Crippen molar-refractivity contribution < 1.29 is 23.5 Å². The molecule has 4 atom stereocenters. The molecule has 0 radical (unpaired) electrons. The lowest BCUT2D eigenvalue weighted by Gasteiger charge is -2.33. The van der Waals surface area contributed by atoms with Gasteiger partial charge >= 0.3 is 12.1 Å². The second-order valence-corrected chi connectivity index (χ2v) is 12.8. The molecule has 0 spiro atoms. The summed E-state index contributed by atoms with van der Waals surface area (Å²) in [5.41, 5.74) is -0.742. The van der Waals surface area contributed by atoms with E-state index in [0.717, 1.165) is 25.8 Å². The first-order valence-corrected chi connectivity index (χ1v) is 14.3. The number of likely N-dealkylation sites (tertiary alicyclic amines) is 2. The van der Waals surface area contributed by atoms with Crippen LogP contribution in [0.2, 0.25) is 5.15 Å². The van der Waals surface area contributed by atoms with E-state index in [4.69, 9.17) is 26.1 Å². The predicted molar refractivity (Wildman–Crippen MR) is 149 cm³/mol. The van der Waals surface area contributed by atoms with Gasteiger partial charge in [0.1, 0.15) is 16.9 Å². The van der Waals surface area contributed by atoms with Crippen LogP contribution < -0.4 is 9.64 Å². The molecule has 2 aromatic heterocycles. The molecule has 2 aromatic rings. The van der Waals surface area contributed by atoms with Crippen molar-refractivity contribution >= 4 is 40.3 Å². The van der Waals surface area contributed by atoms with Gasteiger partial charge in [-0.1, -0.05) is 18.0 Å². The van der Waals surface area contributed by atoms with Crippen LogP contribution in [0.1, 0.15) is 60.3 Å². The van der Waals surface area contributed by atoms with Crippen molar-refractivity contribution in [1.82, 2.24) is 24.8 Å². The summed E-state index contributed by atoms with van der Waals surface area (Å²) in [7, 11) is 1.87. The van der Waals surface area contributed by atoms with Gasteiger partial charge in [0.15, 0.2) is 11.0 Å². The van der Waals surface area contributed by atoms with Crippen LogP contribution in [-0.2, 0) is 9.53 Å². The third-order valence-electron chi connectivity index (χ3n) is 8.75. The number of ether oxygens (including phenoxy) is 2. The first kappa shape index (κ1) is 28.6. The topological polar surface area (TPSA) is 101 Å². The highest BCUT2D eigenvalue weighted by Crippen LogP contribution is 2.49. The molecule has 3 unspecified atom stereocenters. The lowest BCUT2D eigenvalue weighted by Crippen LogP contribution is -2.45. The van der Waals surface area contributed by atoms with Gasteiger partial charge in [0.2, 0.25) is 5.91 Å². The van der Waals surface area contributed by atoms with Crippen molar-refractivity contribution in [3.05, 3.63) is 17.2 Å². The van der Waals surface area contributed by atoms with Crippen LogP contribution in [0.5, 0.6) is 6.01 Å². The Labute approximate surface area is 239 Å². The molecule has 3 aliphatic rings. The zero-order valence-corrected chi connectivity index (χ0v) is 24.8. The number of likely N-dealkylation sites (N-methyl/N-ethyl adjacent to an activating group) is 1. The fourth-order valence-corrected chi connectivity index (χ4v) is 6.75. The zero-order valence-electron chi connectivity index (χ0n) is 24.0. The summed E-state index contributed by atoms with van der Waals surface area (Å²) in [6.45, 7) is 11.3. The van der Waals surface area contributed by atoms with Gasteiger partial charge in [0.05, 0.1) is 24.1 Å². The number of hydrogen-bond acceptors (Lipinski definition) is 8.